The van der Waals surface area contributed by atoms with Crippen molar-refractivity contribution in [1.82, 2.24) is 10.6 Å². The van der Waals surface area contributed by atoms with Gasteiger partial charge in [0.15, 0.2) is 0 Å². The molecular formula is C26H54N2O4Zn. The van der Waals surface area contributed by atoms with Gasteiger partial charge in [0.25, 0.3) is 0 Å². The molecule has 0 heterocycles. The number of hydrogen-bond donors (Lipinski definition) is 4. The number of carboxylic acids is 2. The van der Waals surface area contributed by atoms with E-state index in [0.29, 0.717) is 0 Å². The van der Waals surface area contributed by atoms with Crippen molar-refractivity contribution in [3.8, 4) is 0 Å². The second-order valence-corrected chi connectivity index (χ2v) is 8.80. The molecule has 0 rings (SSSR count). The van der Waals surface area contributed by atoms with E-state index in [1.54, 1.807) is 0 Å². The summed E-state index contributed by atoms with van der Waals surface area (Å²) in [5.41, 5.74) is 0. The Morgan fingerprint density at radius 2 is 0.727 bits per heavy atom. The molecule has 4 N–H and O–H groups in total. The zero-order valence-corrected chi connectivity index (χ0v) is 24.9. The Kier molecular flexibility index (Phi) is 37.8. The minimum atomic E-state index is -0.768. The first-order valence-corrected chi connectivity index (χ1v) is 13.4. The van der Waals surface area contributed by atoms with Crippen LogP contribution in [0.3, 0.4) is 0 Å². The molecule has 0 saturated carbocycles. The molecule has 0 radical (unpaired) electrons. The summed E-state index contributed by atoms with van der Waals surface area (Å²) in [5, 5.41) is 22.6. The maximum atomic E-state index is 10.2. The van der Waals surface area contributed by atoms with Gasteiger partial charge in [-0.2, -0.15) is 0 Å². The monoisotopic (exact) mass is 522 g/mol. The van der Waals surface area contributed by atoms with Crippen LogP contribution in [0.4, 0.5) is 0 Å². The fourth-order valence-electron chi connectivity index (χ4n) is 3.51. The summed E-state index contributed by atoms with van der Waals surface area (Å²) < 4.78 is 0. The molecule has 0 amide bonds. The number of nitrogens with one attached hydrogen (secondary N) is 2. The van der Waals surface area contributed by atoms with Gasteiger partial charge in [-0.1, -0.05) is 117 Å². The van der Waals surface area contributed by atoms with E-state index < -0.39 is 11.9 Å². The summed E-state index contributed by atoms with van der Waals surface area (Å²) >= 11 is 0. The van der Waals surface area contributed by atoms with Gasteiger partial charge in [-0.3, -0.25) is 9.59 Å². The van der Waals surface area contributed by atoms with Gasteiger partial charge >= 0.3 is 11.9 Å². The Morgan fingerprint density at radius 1 is 0.485 bits per heavy atom. The second-order valence-electron chi connectivity index (χ2n) is 8.80. The average molecular weight is 524 g/mol. The van der Waals surface area contributed by atoms with Gasteiger partial charge < -0.3 is 20.8 Å². The third-order valence-corrected chi connectivity index (χ3v) is 5.47. The zero-order valence-electron chi connectivity index (χ0n) is 22.0. The van der Waals surface area contributed by atoms with Crippen LogP contribution >= 0.6 is 0 Å². The summed E-state index contributed by atoms with van der Waals surface area (Å²) in [6, 6.07) is 0. The molecule has 0 unspecified atom stereocenters. The summed E-state index contributed by atoms with van der Waals surface area (Å²) in [7, 11) is 0. The molecule has 0 fully saturated rings. The third kappa shape index (κ3) is 42.1. The first kappa shape index (κ1) is 37.0. The molecule has 0 aliphatic heterocycles. The van der Waals surface area contributed by atoms with Gasteiger partial charge in [-0.15, -0.1) is 0 Å². The molecule has 0 aromatic heterocycles. The third-order valence-electron chi connectivity index (χ3n) is 5.47. The van der Waals surface area contributed by atoms with Gasteiger partial charge in [-0.05, 0) is 25.9 Å². The quantitative estimate of drug-likeness (QED) is 0.0865. The fraction of sp³-hybridized carbons (Fsp3) is 0.923. The van der Waals surface area contributed by atoms with Crippen molar-refractivity contribution in [2.75, 3.05) is 26.2 Å². The molecule has 6 nitrogen and oxygen atoms in total. The standard InChI is InChI=1S/2C13H27NO2.Zn/c2*1-2-3-4-5-6-7-8-9-10-11-14-12-13(15)16;/h2*14H,2-12H2,1H3,(H,15,16);. The number of unbranched alkanes of at least 4 members (excludes halogenated alkanes) is 16. The van der Waals surface area contributed by atoms with Crippen molar-refractivity contribution in [2.45, 2.75) is 129 Å². The van der Waals surface area contributed by atoms with E-state index >= 15 is 0 Å². The van der Waals surface area contributed by atoms with Crippen LogP contribution in [0.5, 0.6) is 0 Å². The van der Waals surface area contributed by atoms with E-state index in [4.69, 9.17) is 10.2 Å². The minimum Gasteiger partial charge on any atom is -0.480 e. The molecule has 0 atom stereocenters. The van der Waals surface area contributed by atoms with Crippen LogP contribution in [0.1, 0.15) is 129 Å². The van der Waals surface area contributed by atoms with Crippen molar-refractivity contribution < 1.29 is 39.3 Å². The summed E-state index contributed by atoms with van der Waals surface area (Å²) in [6.45, 7) is 6.34. The van der Waals surface area contributed by atoms with Gasteiger partial charge in [0, 0.05) is 19.5 Å². The topological polar surface area (TPSA) is 98.7 Å². The average Bonchev–Trinajstić information content (AvgIpc) is 2.76. The van der Waals surface area contributed by atoms with Gasteiger partial charge in [0.05, 0.1) is 13.1 Å². The summed E-state index contributed by atoms with van der Waals surface area (Å²) in [4.78, 5) is 20.4. The van der Waals surface area contributed by atoms with Crippen LogP contribution in [0.2, 0.25) is 0 Å². The Hall–Kier alpha value is -0.517. The predicted octanol–water partition coefficient (Wildman–Crippen LogP) is 6.38. The predicted molar refractivity (Wildman–Crippen MR) is 135 cm³/mol. The van der Waals surface area contributed by atoms with Crippen molar-refractivity contribution in [2.24, 2.45) is 0 Å². The zero-order chi connectivity index (χ0) is 24.1. The molecule has 7 heteroatoms. The molecule has 0 spiro atoms. The molecule has 0 aromatic carbocycles. The van der Waals surface area contributed by atoms with E-state index in [9.17, 15) is 9.59 Å². The molecule has 0 aliphatic rings. The molecule has 0 bridgehead atoms. The molecule has 194 valence electrons. The van der Waals surface area contributed by atoms with Crippen LogP contribution in [0, 0.1) is 0 Å². The van der Waals surface area contributed by atoms with Crippen molar-refractivity contribution >= 4 is 11.9 Å². The van der Waals surface area contributed by atoms with Gasteiger partial charge in [0.1, 0.15) is 0 Å². The van der Waals surface area contributed by atoms with E-state index in [2.05, 4.69) is 24.5 Å². The summed E-state index contributed by atoms with van der Waals surface area (Å²) in [5.74, 6) is -1.54. The molecule has 33 heavy (non-hydrogen) atoms. The van der Waals surface area contributed by atoms with Gasteiger partial charge in [0.2, 0.25) is 0 Å². The van der Waals surface area contributed by atoms with Crippen LogP contribution in [0.25, 0.3) is 0 Å². The number of carboxylic acid groups (broad SMARTS) is 2. The summed E-state index contributed by atoms with van der Waals surface area (Å²) in [6.07, 6.45) is 23.5. The number of aliphatic carboxylic acids is 2. The van der Waals surface area contributed by atoms with Crippen molar-refractivity contribution in [3.63, 3.8) is 0 Å². The molecule has 0 aromatic rings. The molecular weight excluding hydrogens is 470 g/mol. The Labute approximate surface area is 217 Å². The fourth-order valence-corrected chi connectivity index (χ4v) is 3.51. The number of hydrogen-bond acceptors (Lipinski definition) is 4. The smallest absolute Gasteiger partial charge is 0.317 e. The number of carbonyl (C=O) groups is 2. The Morgan fingerprint density at radius 3 is 0.970 bits per heavy atom. The largest absolute Gasteiger partial charge is 0.480 e. The molecule has 0 saturated heterocycles. The first-order valence-electron chi connectivity index (χ1n) is 13.4. The van der Waals surface area contributed by atoms with Crippen LogP contribution in [-0.4, -0.2) is 48.3 Å². The van der Waals surface area contributed by atoms with Crippen molar-refractivity contribution in [1.29, 1.82) is 0 Å². The Bertz CT molecular complexity index is 362. The van der Waals surface area contributed by atoms with E-state index in [1.165, 1.54) is 103 Å². The van der Waals surface area contributed by atoms with E-state index in [0.717, 1.165) is 25.9 Å². The normalized spacial score (nSPS) is 10.2. The van der Waals surface area contributed by atoms with E-state index in [1.807, 2.05) is 0 Å². The van der Waals surface area contributed by atoms with E-state index in [-0.39, 0.29) is 32.6 Å². The Balaban J connectivity index is -0.000000529. The van der Waals surface area contributed by atoms with Crippen molar-refractivity contribution in [3.05, 3.63) is 0 Å². The minimum absolute atomic E-state index is 0. The SMILES string of the molecule is CCCCCCCCCCCNCC(=O)O.CCCCCCCCCCCNCC(=O)O.[Zn]. The molecule has 0 aliphatic carbocycles. The second kappa shape index (κ2) is 33.7. The first-order chi connectivity index (χ1) is 15.5. The van der Waals surface area contributed by atoms with Crippen LogP contribution < -0.4 is 10.6 Å². The number of rotatable bonds is 24. The maximum absolute atomic E-state index is 10.2. The van der Waals surface area contributed by atoms with Crippen LogP contribution in [-0.2, 0) is 29.1 Å². The van der Waals surface area contributed by atoms with Crippen LogP contribution in [0.15, 0.2) is 0 Å². The maximum Gasteiger partial charge on any atom is 0.317 e. The van der Waals surface area contributed by atoms with Gasteiger partial charge in [-0.25, -0.2) is 0 Å².